The summed E-state index contributed by atoms with van der Waals surface area (Å²) in [6.45, 7) is 6.83. The van der Waals surface area contributed by atoms with Gasteiger partial charge in [0, 0.05) is 45.1 Å². The number of amides is 4. The van der Waals surface area contributed by atoms with E-state index in [9.17, 15) is 36.0 Å². The van der Waals surface area contributed by atoms with E-state index in [2.05, 4.69) is 9.44 Å². The number of sulfonamides is 2. The number of hydrogen-bond acceptors (Lipinski definition) is 8. The van der Waals surface area contributed by atoms with Crippen LogP contribution in [0.5, 0.6) is 0 Å². The number of hydrogen-bond donors (Lipinski definition) is 2. The van der Waals surface area contributed by atoms with E-state index in [4.69, 9.17) is 0 Å². The number of imide groups is 2. The van der Waals surface area contributed by atoms with Gasteiger partial charge in [0.25, 0.3) is 23.6 Å². The Labute approximate surface area is 321 Å². The number of benzene rings is 7. The molecule has 2 N–H and O–H groups in total. The first kappa shape index (κ1) is 35.6. The van der Waals surface area contributed by atoms with Gasteiger partial charge in [0.05, 0.1) is 21.2 Å². The summed E-state index contributed by atoms with van der Waals surface area (Å²) in [5.41, 5.74) is 1.64. The smallest absolute Gasteiger partial charge is 0.265 e. The fourth-order valence-electron chi connectivity index (χ4n) is 8.04. The highest BCUT2D eigenvalue weighted by atomic mass is 32.2. The first-order valence-electron chi connectivity index (χ1n) is 17.8. The summed E-state index contributed by atoms with van der Waals surface area (Å²) in [6.07, 6.45) is 0. The second-order valence-corrected chi connectivity index (χ2v) is 18.0. The van der Waals surface area contributed by atoms with Crippen molar-refractivity contribution in [3.63, 3.8) is 0 Å². The Balaban J connectivity index is 1.15. The molecule has 2 aliphatic rings. The van der Waals surface area contributed by atoms with Crippen LogP contribution in [0.4, 0.5) is 11.4 Å². The summed E-state index contributed by atoms with van der Waals surface area (Å²) >= 11 is 0. The number of nitrogens with one attached hydrogen (secondary N) is 2. The maximum absolute atomic E-state index is 14.1. The monoisotopic (exact) mass is 784 g/mol. The van der Waals surface area contributed by atoms with E-state index in [1.165, 1.54) is 48.5 Å². The lowest BCUT2D eigenvalue weighted by molar-refractivity contribution is 0.0877. The van der Waals surface area contributed by atoms with Crippen LogP contribution >= 0.6 is 0 Å². The summed E-state index contributed by atoms with van der Waals surface area (Å²) in [5, 5.41) is 5.26. The molecule has 2 heterocycles. The second-order valence-electron chi connectivity index (χ2n) is 14.6. The summed E-state index contributed by atoms with van der Waals surface area (Å²) < 4.78 is 55.9. The molecule has 0 bridgehead atoms. The van der Waals surface area contributed by atoms with Gasteiger partial charge in [-0.3, -0.25) is 19.2 Å². The quantitative estimate of drug-likeness (QED) is 0.0975. The van der Waals surface area contributed by atoms with Gasteiger partial charge in [0.1, 0.15) is 0 Å². The zero-order chi connectivity index (χ0) is 39.6. The predicted molar refractivity (Wildman–Crippen MR) is 214 cm³/mol. The molecule has 0 atom stereocenters. The molecular weight excluding hydrogens is 753 g/mol. The number of fused-ring (bicyclic) bond motifs is 2. The Morgan fingerprint density at radius 1 is 0.393 bits per heavy atom. The average Bonchev–Trinajstić information content (AvgIpc) is 3.15. The van der Waals surface area contributed by atoms with Crippen molar-refractivity contribution in [3.8, 4) is 0 Å². The van der Waals surface area contributed by atoms with Crippen LogP contribution < -0.4 is 19.2 Å². The van der Waals surface area contributed by atoms with Gasteiger partial charge in [-0.15, -0.1) is 0 Å². The van der Waals surface area contributed by atoms with E-state index in [0.717, 1.165) is 31.3 Å². The SMILES string of the molecule is CC(C)NS(=O)(=O)c1ccc(N2C(=O)c3ccc4c5ccc6c7c(ccc(c8ccc(c3c48)C2=O)c75)C(=O)N(c2ccc(S(=O)(=O)NC(C)C)cc2)C6=O)cc1. The minimum atomic E-state index is -3.79. The fourth-order valence-corrected chi connectivity index (χ4v) is 10.5. The van der Waals surface area contributed by atoms with Crippen LogP contribution in [0.25, 0.3) is 43.1 Å². The first-order chi connectivity index (χ1) is 26.6. The van der Waals surface area contributed by atoms with Gasteiger partial charge in [0.15, 0.2) is 0 Å². The fraction of sp³-hybridized carbons (Fsp3) is 0.143. The molecule has 0 saturated carbocycles. The molecule has 0 radical (unpaired) electrons. The van der Waals surface area contributed by atoms with Crippen molar-refractivity contribution < 1.29 is 36.0 Å². The number of carbonyl (C=O) groups is 4. The van der Waals surface area contributed by atoms with Crippen molar-refractivity contribution in [1.29, 1.82) is 0 Å². The molecule has 2 aliphatic heterocycles. The van der Waals surface area contributed by atoms with Crippen LogP contribution in [0.3, 0.4) is 0 Å². The van der Waals surface area contributed by atoms with E-state index in [0.29, 0.717) is 43.8 Å². The molecule has 0 aromatic heterocycles. The van der Waals surface area contributed by atoms with Crippen molar-refractivity contribution in [1.82, 2.24) is 9.44 Å². The number of rotatable bonds is 8. The Bertz CT molecular complexity index is 2810. The van der Waals surface area contributed by atoms with Crippen LogP contribution in [0.2, 0.25) is 0 Å². The van der Waals surface area contributed by atoms with E-state index < -0.39 is 43.7 Å². The predicted octanol–water partition coefficient (Wildman–Crippen LogP) is 6.71. The zero-order valence-electron chi connectivity index (χ0n) is 30.4. The van der Waals surface area contributed by atoms with Crippen molar-refractivity contribution in [2.75, 3.05) is 9.80 Å². The van der Waals surface area contributed by atoms with Crippen molar-refractivity contribution in [3.05, 3.63) is 119 Å². The third kappa shape index (κ3) is 5.10. The van der Waals surface area contributed by atoms with Gasteiger partial charge in [0.2, 0.25) is 20.0 Å². The summed E-state index contributed by atoms with van der Waals surface area (Å²) in [6, 6.07) is 24.4. The molecule has 280 valence electrons. The molecule has 0 unspecified atom stereocenters. The minimum Gasteiger partial charge on any atom is -0.268 e. The van der Waals surface area contributed by atoms with E-state index in [1.807, 2.05) is 0 Å². The summed E-state index contributed by atoms with van der Waals surface area (Å²) in [7, 11) is -7.59. The normalized spacial score (nSPS) is 14.9. The Morgan fingerprint density at radius 3 is 0.911 bits per heavy atom. The highest BCUT2D eigenvalue weighted by molar-refractivity contribution is 7.89. The largest absolute Gasteiger partial charge is 0.268 e. The molecular formula is C42H32N4O8S2. The van der Waals surface area contributed by atoms with Gasteiger partial charge >= 0.3 is 0 Å². The van der Waals surface area contributed by atoms with E-state index in [-0.39, 0.29) is 33.2 Å². The summed E-state index contributed by atoms with van der Waals surface area (Å²) in [5.74, 6) is -2.24. The van der Waals surface area contributed by atoms with Gasteiger partial charge in [-0.05, 0) is 133 Å². The third-order valence-corrected chi connectivity index (χ3v) is 13.6. The molecule has 0 saturated heterocycles. The molecule has 7 aromatic carbocycles. The lowest BCUT2D eigenvalue weighted by Gasteiger charge is -2.30. The first-order valence-corrected chi connectivity index (χ1v) is 20.8. The molecule has 0 spiro atoms. The Kier molecular flexibility index (Phi) is 7.77. The Morgan fingerprint density at radius 2 is 0.661 bits per heavy atom. The van der Waals surface area contributed by atoms with Crippen LogP contribution in [-0.2, 0) is 20.0 Å². The number of nitrogens with zero attached hydrogens (tertiary/aromatic N) is 2. The van der Waals surface area contributed by atoms with E-state index >= 15 is 0 Å². The molecule has 4 amide bonds. The van der Waals surface area contributed by atoms with Gasteiger partial charge < -0.3 is 0 Å². The lowest BCUT2D eigenvalue weighted by Crippen LogP contribution is -2.40. The molecule has 12 nitrogen and oxygen atoms in total. The maximum atomic E-state index is 14.1. The average molecular weight is 785 g/mol. The molecule has 14 heteroatoms. The van der Waals surface area contributed by atoms with Gasteiger partial charge in [-0.1, -0.05) is 24.3 Å². The molecule has 0 fully saturated rings. The van der Waals surface area contributed by atoms with Gasteiger partial charge in [-0.25, -0.2) is 36.1 Å². The third-order valence-electron chi connectivity index (χ3n) is 10.2. The van der Waals surface area contributed by atoms with Crippen molar-refractivity contribution >= 4 is 98.1 Å². The van der Waals surface area contributed by atoms with Crippen LogP contribution in [0.1, 0.15) is 69.1 Å². The van der Waals surface area contributed by atoms with Gasteiger partial charge in [-0.2, -0.15) is 0 Å². The second kappa shape index (κ2) is 12.2. The van der Waals surface area contributed by atoms with E-state index in [1.54, 1.807) is 76.2 Å². The Hall–Kier alpha value is -6.06. The maximum Gasteiger partial charge on any atom is 0.265 e. The van der Waals surface area contributed by atoms with Crippen LogP contribution in [0, 0.1) is 0 Å². The van der Waals surface area contributed by atoms with Crippen LogP contribution in [0.15, 0.2) is 107 Å². The summed E-state index contributed by atoms with van der Waals surface area (Å²) in [4.78, 5) is 58.6. The van der Waals surface area contributed by atoms with Crippen molar-refractivity contribution in [2.45, 2.75) is 49.6 Å². The highest BCUT2D eigenvalue weighted by Gasteiger charge is 2.38. The standard InChI is InChI=1S/C42H32N4O8S2/c1-21(2)43-55(51,52)25-9-5-23(6-10-25)45-39(47)31-17-13-27-29-15-19-33-38-34(20-16-30(36(29)38)28-14-18-32(40(45)48)37(31)35(27)28)42(50)46(41(33)49)24-7-11-26(12-8-24)56(53,54)44-22(3)4/h5-22,43-44H,1-4H3. The molecule has 7 aromatic rings. The number of anilines is 2. The van der Waals surface area contributed by atoms with Crippen molar-refractivity contribution in [2.24, 2.45) is 0 Å². The number of carbonyl (C=O) groups excluding carboxylic acids is 4. The molecule has 0 aliphatic carbocycles. The lowest BCUT2D eigenvalue weighted by atomic mass is 9.82. The topological polar surface area (TPSA) is 167 Å². The van der Waals surface area contributed by atoms with Crippen LogP contribution in [-0.4, -0.2) is 52.5 Å². The zero-order valence-corrected chi connectivity index (χ0v) is 32.0. The highest BCUT2D eigenvalue weighted by Crippen LogP contribution is 2.47. The molecule has 56 heavy (non-hydrogen) atoms. The minimum absolute atomic E-state index is 0.00211. The molecule has 9 rings (SSSR count).